The first-order chi connectivity index (χ1) is 10.0. The Morgan fingerprint density at radius 2 is 1.67 bits per heavy atom. The fourth-order valence-corrected chi connectivity index (χ4v) is 3.80. The van der Waals surface area contributed by atoms with Crippen molar-refractivity contribution in [3.63, 3.8) is 0 Å². The van der Waals surface area contributed by atoms with E-state index < -0.39 is 9.84 Å². The van der Waals surface area contributed by atoms with Crippen LogP contribution < -0.4 is 5.32 Å². The highest BCUT2D eigenvalue weighted by Gasteiger charge is 2.20. The van der Waals surface area contributed by atoms with Gasteiger partial charge < -0.3 is 5.32 Å². The third-order valence-corrected chi connectivity index (χ3v) is 5.15. The van der Waals surface area contributed by atoms with Crippen LogP contribution in [0.25, 0.3) is 0 Å². The summed E-state index contributed by atoms with van der Waals surface area (Å²) >= 11 is 0. The second-order valence-corrected chi connectivity index (χ2v) is 7.61. The Bertz CT molecular complexity index is 753. The zero-order valence-electron chi connectivity index (χ0n) is 12.0. The Morgan fingerprint density at radius 1 is 1.00 bits per heavy atom. The van der Waals surface area contributed by atoms with Crippen molar-refractivity contribution in [1.29, 1.82) is 0 Å². The Labute approximate surface area is 125 Å². The van der Waals surface area contributed by atoms with Gasteiger partial charge >= 0.3 is 0 Å². The van der Waals surface area contributed by atoms with Gasteiger partial charge in [-0.2, -0.15) is 0 Å². The van der Waals surface area contributed by atoms with Crippen LogP contribution in [0.5, 0.6) is 0 Å². The summed E-state index contributed by atoms with van der Waals surface area (Å²) in [4.78, 5) is 0.379. The first-order valence-electron chi connectivity index (χ1n) is 7.16. The van der Waals surface area contributed by atoms with Gasteiger partial charge in [0.2, 0.25) is 0 Å². The number of fused-ring (bicyclic) bond motifs is 1. The van der Waals surface area contributed by atoms with Crippen LogP contribution in [0.15, 0.2) is 53.4 Å². The van der Waals surface area contributed by atoms with Crippen LogP contribution in [0, 0.1) is 0 Å². The molecule has 0 spiro atoms. The third-order valence-electron chi connectivity index (χ3n) is 3.99. The van der Waals surface area contributed by atoms with Crippen molar-refractivity contribution in [2.45, 2.75) is 30.2 Å². The molecule has 2 aromatic rings. The number of nitrogens with one attached hydrogen (secondary N) is 1. The van der Waals surface area contributed by atoms with Crippen molar-refractivity contribution in [3.05, 3.63) is 59.7 Å². The van der Waals surface area contributed by atoms with Crippen molar-refractivity contribution in [2.24, 2.45) is 0 Å². The van der Waals surface area contributed by atoms with E-state index in [0.717, 1.165) is 19.3 Å². The quantitative estimate of drug-likeness (QED) is 0.947. The molecule has 1 aliphatic rings. The maximum Gasteiger partial charge on any atom is 0.177 e. The number of benzene rings is 2. The molecule has 0 radical (unpaired) electrons. The van der Waals surface area contributed by atoms with E-state index in [1.807, 2.05) is 12.1 Å². The van der Waals surface area contributed by atoms with Gasteiger partial charge in [0.25, 0.3) is 0 Å². The van der Waals surface area contributed by atoms with E-state index in [0.29, 0.717) is 10.6 Å². The molecule has 4 heteroatoms. The molecule has 3 rings (SSSR count). The van der Waals surface area contributed by atoms with Crippen LogP contribution in [-0.2, 0) is 22.7 Å². The number of hydrogen-bond acceptors (Lipinski definition) is 3. The molecule has 0 saturated heterocycles. The number of para-hydroxylation sites is 1. The van der Waals surface area contributed by atoms with Crippen LogP contribution in [0.2, 0.25) is 0 Å². The molecule has 2 aromatic carbocycles. The summed E-state index contributed by atoms with van der Waals surface area (Å²) in [7, 11) is -3.21. The topological polar surface area (TPSA) is 46.2 Å². The molecule has 0 aromatic heterocycles. The largest absolute Gasteiger partial charge is 0.381 e. The van der Waals surface area contributed by atoms with Crippen molar-refractivity contribution in [3.8, 4) is 0 Å². The molecule has 0 saturated carbocycles. The molecule has 0 amide bonds. The van der Waals surface area contributed by atoms with Gasteiger partial charge in [-0.15, -0.1) is 0 Å². The molecule has 1 N–H and O–H groups in total. The molecular formula is C17H19NO2S. The predicted molar refractivity (Wildman–Crippen MR) is 85.4 cm³/mol. The minimum Gasteiger partial charge on any atom is -0.381 e. The van der Waals surface area contributed by atoms with Crippen molar-refractivity contribution in [2.75, 3.05) is 11.6 Å². The molecule has 21 heavy (non-hydrogen) atoms. The van der Waals surface area contributed by atoms with E-state index in [1.54, 1.807) is 12.1 Å². The summed E-state index contributed by atoms with van der Waals surface area (Å²) in [6.07, 6.45) is 4.25. The first kappa shape index (κ1) is 14.1. The van der Waals surface area contributed by atoms with E-state index in [4.69, 9.17) is 0 Å². The predicted octanol–water partition coefficient (Wildman–Crippen LogP) is 3.06. The number of sulfone groups is 1. The molecule has 1 unspecified atom stereocenters. The molecular weight excluding hydrogens is 282 g/mol. The van der Waals surface area contributed by atoms with Gasteiger partial charge in [-0.25, -0.2) is 8.42 Å². The van der Waals surface area contributed by atoms with Crippen LogP contribution in [0.1, 0.15) is 17.5 Å². The van der Waals surface area contributed by atoms with Gasteiger partial charge in [0.05, 0.1) is 10.6 Å². The molecule has 0 bridgehead atoms. The van der Waals surface area contributed by atoms with E-state index in [2.05, 4.69) is 29.6 Å². The van der Waals surface area contributed by atoms with Gasteiger partial charge in [-0.3, -0.25) is 0 Å². The maximum atomic E-state index is 11.9. The molecule has 0 heterocycles. The lowest BCUT2D eigenvalue weighted by molar-refractivity contribution is 0.598. The molecule has 0 fully saturated rings. The van der Waals surface area contributed by atoms with E-state index in [-0.39, 0.29) is 6.04 Å². The summed E-state index contributed by atoms with van der Waals surface area (Å²) in [5.41, 5.74) is 3.48. The average molecular weight is 301 g/mol. The number of rotatable bonds is 3. The molecule has 1 aliphatic carbocycles. The minimum atomic E-state index is -3.21. The second kappa shape index (κ2) is 5.53. The molecule has 110 valence electrons. The second-order valence-electron chi connectivity index (χ2n) is 5.62. The molecule has 1 atom stereocenters. The van der Waals surface area contributed by atoms with E-state index in [1.165, 1.54) is 17.4 Å². The van der Waals surface area contributed by atoms with Gasteiger partial charge in [0.15, 0.2) is 9.84 Å². The summed E-state index contributed by atoms with van der Waals surface area (Å²) in [6.45, 7) is 0. The monoisotopic (exact) mass is 301 g/mol. The Kier molecular flexibility index (Phi) is 3.72. The lowest BCUT2D eigenvalue weighted by Crippen LogP contribution is -2.28. The highest BCUT2D eigenvalue weighted by atomic mass is 32.2. The Hall–Kier alpha value is -1.81. The van der Waals surface area contributed by atoms with Crippen LogP contribution in [-0.4, -0.2) is 20.7 Å². The lowest BCUT2D eigenvalue weighted by Gasteiger charge is -2.27. The first-order valence-corrected chi connectivity index (χ1v) is 9.05. The average Bonchev–Trinajstić information content (AvgIpc) is 2.46. The Balaban J connectivity index is 1.83. The zero-order valence-corrected chi connectivity index (χ0v) is 12.9. The Morgan fingerprint density at radius 3 is 2.43 bits per heavy atom. The third kappa shape index (κ3) is 3.10. The van der Waals surface area contributed by atoms with Gasteiger partial charge in [0, 0.05) is 12.3 Å². The number of hydrogen-bond donors (Lipinski definition) is 1. The molecule has 0 aliphatic heterocycles. The number of aryl methyl sites for hydroxylation is 1. The van der Waals surface area contributed by atoms with Gasteiger partial charge in [0.1, 0.15) is 0 Å². The fourth-order valence-electron chi connectivity index (χ4n) is 2.95. The minimum absolute atomic E-state index is 0.280. The fraction of sp³-hybridized carbons (Fsp3) is 0.294. The normalized spacial score (nSPS) is 18.0. The summed E-state index contributed by atoms with van der Waals surface area (Å²) in [5, 5.41) is 3.42. The van der Waals surface area contributed by atoms with Crippen LogP contribution in [0.4, 0.5) is 5.69 Å². The highest BCUT2D eigenvalue weighted by molar-refractivity contribution is 7.90. The van der Waals surface area contributed by atoms with Crippen molar-refractivity contribution < 1.29 is 8.42 Å². The summed E-state index contributed by atoms with van der Waals surface area (Å²) in [5.74, 6) is 0. The molecule has 3 nitrogen and oxygen atoms in total. The zero-order chi connectivity index (χ0) is 14.9. The maximum absolute atomic E-state index is 11.9. The smallest absolute Gasteiger partial charge is 0.177 e. The SMILES string of the molecule is CS(=O)(=O)c1ccccc1NC1CCc2ccccc2C1. The van der Waals surface area contributed by atoms with E-state index >= 15 is 0 Å². The van der Waals surface area contributed by atoms with Crippen molar-refractivity contribution in [1.82, 2.24) is 0 Å². The van der Waals surface area contributed by atoms with Crippen molar-refractivity contribution >= 4 is 15.5 Å². The van der Waals surface area contributed by atoms with Crippen LogP contribution >= 0.6 is 0 Å². The van der Waals surface area contributed by atoms with E-state index in [9.17, 15) is 8.42 Å². The standard InChI is InChI=1S/C17H19NO2S/c1-21(19,20)17-9-5-4-8-16(17)18-15-11-10-13-6-2-3-7-14(13)12-15/h2-9,15,18H,10-12H2,1H3. The summed E-state index contributed by atoms with van der Waals surface area (Å²) < 4.78 is 23.7. The highest BCUT2D eigenvalue weighted by Crippen LogP contribution is 2.26. The lowest BCUT2D eigenvalue weighted by atomic mass is 9.88. The van der Waals surface area contributed by atoms with Gasteiger partial charge in [-0.1, -0.05) is 36.4 Å². The van der Waals surface area contributed by atoms with Crippen LogP contribution in [0.3, 0.4) is 0 Å². The van der Waals surface area contributed by atoms with Gasteiger partial charge in [-0.05, 0) is 42.5 Å². The number of anilines is 1. The summed E-state index contributed by atoms with van der Waals surface area (Å²) in [6, 6.07) is 15.9.